The summed E-state index contributed by atoms with van der Waals surface area (Å²) < 4.78 is 5.26. The second-order valence-corrected chi connectivity index (χ2v) is 5.15. The van der Waals surface area contributed by atoms with Crippen molar-refractivity contribution in [3.63, 3.8) is 0 Å². The Morgan fingerprint density at radius 1 is 1.21 bits per heavy atom. The molecule has 1 N–H and O–H groups in total. The Kier molecular flexibility index (Phi) is 3.77. The Morgan fingerprint density at radius 2 is 2.05 bits per heavy atom. The molecule has 3 rings (SSSR count). The minimum atomic E-state index is 0.769. The van der Waals surface area contributed by atoms with Gasteiger partial charge >= 0.3 is 0 Å². The van der Waals surface area contributed by atoms with Crippen molar-refractivity contribution < 1.29 is 4.52 Å². The van der Waals surface area contributed by atoms with E-state index in [1.54, 1.807) is 0 Å². The number of anilines is 1. The molecular weight excluding hydrogens is 238 g/mol. The molecule has 0 radical (unpaired) electrons. The zero-order valence-electron chi connectivity index (χ0n) is 11.0. The molecule has 0 aliphatic heterocycles. The predicted octanol–water partition coefficient (Wildman–Crippen LogP) is 3.07. The number of para-hydroxylation sites is 1. The highest BCUT2D eigenvalue weighted by Gasteiger charge is 2.23. The summed E-state index contributed by atoms with van der Waals surface area (Å²) in [6.07, 6.45) is 5.49. The highest BCUT2D eigenvalue weighted by atomic mass is 16.5. The second kappa shape index (κ2) is 5.87. The van der Waals surface area contributed by atoms with Crippen LogP contribution in [0.5, 0.6) is 0 Å². The van der Waals surface area contributed by atoms with Gasteiger partial charge in [0.15, 0.2) is 5.82 Å². The van der Waals surface area contributed by atoms with Gasteiger partial charge < -0.3 is 9.84 Å². The van der Waals surface area contributed by atoms with E-state index in [0.717, 1.165) is 49.1 Å². The molecule has 0 atom stereocenters. The Hall–Kier alpha value is -1.84. The second-order valence-electron chi connectivity index (χ2n) is 5.15. The van der Waals surface area contributed by atoms with Crippen LogP contribution in [0.3, 0.4) is 0 Å². The Bertz CT molecular complexity index is 505. The predicted molar refractivity (Wildman–Crippen MR) is 74.0 cm³/mol. The Balaban J connectivity index is 1.38. The quantitative estimate of drug-likeness (QED) is 0.774. The lowest BCUT2D eigenvalue weighted by Gasteiger charge is -2.03. The number of hydrogen-bond acceptors (Lipinski definition) is 4. The lowest BCUT2D eigenvalue weighted by atomic mass is 10.2. The minimum absolute atomic E-state index is 0.769. The number of rotatable bonds is 7. The van der Waals surface area contributed by atoms with E-state index in [0.29, 0.717) is 0 Å². The summed E-state index contributed by atoms with van der Waals surface area (Å²) in [7, 11) is 0. The third-order valence-corrected chi connectivity index (χ3v) is 3.35. The summed E-state index contributed by atoms with van der Waals surface area (Å²) in [6, 6.07) is 10.2. The molecule has 1 fully saturated rings. The maximum Gasteiger partial charge on any atom is 0.226 e. The Labute approximate surface area is 113 Å². The molecule has 0 amide bonds. The summed E-state index contributed by atoms with van der Waals surface area (Å²) in [4.78, 5) is 4.43. The molecule has 1 aromatic carbocycles. The first-order chi connectivity index (χ1) is 9.40. The van der Waals surface area contributed by atoms with Crippen LogP contribution in [0, 0.1) is 5.92 Å². The van der Waals surface area contributed by atoms with Crippen molar-refractivity contribution in [1.29, 1.82) is 0 Å². The smallest absolute Gasteiger partial charge is 0.226 e. The van der Waals surface area contributed by atoms with Gasteiger partial charge in [0.05, 0.1) is 0 Å². The van der Waals surface area contributed by atoms with E-state index in [1.165, 1.54) is 12.8 Å². The number of aryl methyl sites for hydroxylation is 1. The Morgan fingerprint density at radius 3 is 2.84 bits per heavy atom. The number of aromatic nitrogens is 2. The molecule has 1 aromatic heterocycles. The lowest BCUT2D eigenvalue weighted by molar-refractivity contribution is 0.370. The van der Waals surface area contributed by atoms with Crippen LogP contribution in [0.25, 0.3) is 0 Å². The standard InChI is InChI=1S/C15H19N3O/c1-2-5-13(6-3-1)16-10-4-7-15-17-14(18-19-15)11-12-8-9-12/h1-3,5-6,12,16H,4,7-11H2. The van der Waals surface area contributed by atoms with E-state index >= 15 is 0 Å². The third-order valence-electron chi connectivity index (χ3n) is 3.35. The zero-order chi connectivity index (χ0) is 12.9. The van der Waals surface area contributed by atoms with Gasteiger partial charge in [-0.2, -0.15) is 4.98 Å². The first-order valence-electron chi connectivity index (χ1n) is 7.00. The SMILES string of the molecule is c1ccc(NCCCc2nc(CC3CC3)no2)cc1. The molecule has 0 unspecified atom stereocenters. The zero-order valence-corrected chi connectivity index (χ0v) is 11.0. The van der Waals surface area contributed by atoms with Crippen molar-refractivity contribution in [1.82, 2.24) is 10.1 Å². The van der Waals surface area contributed by atoms with Crippen LogP contribution in [0.4, 0.5) is 5.69 Å². The van der Waals surface area contributed by atoms with Crippen molar-refractivity contribution in [2.45, 2.75) is 32.1 Å². The van der Waals surface area contributed by atoms with Gasteiger partial charge in [-0.3, -0.25) is 0 Å². The van der Waals surface area contributed by atoms with Crippen LogP contribution in [-0.4, -0.2) is 16.7 Å². The van der Waals surface area contributed by atoms with Crippen molar-refractivity contribution in [2.24, 2.45) is 5.92 Å². The van der Waals surface area contributed by atoms with Gasteiger partial charge in [0.25, 0.3) is 0 Å². The molecule has 4 nitrogen and oxygen atoms in total. The summed E-state index contributed by atoms with van der Waals surface area (Å²) in [6.45, 7) is 0.921. The molecule has 100 valence electrons. The van der Waals surface area contributed by atoms with Crippen molar-refractivity contribution in [2.75, 3.05) is 11.9 Å². The maximum absolute atomic E-state index is 5.26. The van der Waals surface area contributed by atoms with Gasteiger partial charge in [-0.15, -0.1) is 0 Å². The van der Waals surface area contributed by atoms with E-state index in [1.807, 2.05) is 18.2 Å². The normalized spacial score (nSPS) is 14.5. The largest absolute Gasteiger partial charge is 0.385 e. The molecule has 2 aromatic rings. The molecule has 0 spiro atoms. The van der Waals surface area contributed by atoms with Gasteiger partial charge in [0.2, 0.25) is 5.89 Å². The fourth-order valence-electron chi connectivity index (χ4n) is 2.08. The molecule has 0 saturated heterocycles. The van der Waals surface area contributed by atoms with Crippen LogP contribution < -0.4 is 5.32 Å². The van der Waals surface area contributed by atoms with Crippen LogP contribution >= 0.6 is 0 Å². The molecule has 1 saturated carbocycles. The van der Waals surface area contributed by atoms with E-state index in [9.17, 15) is 0 Å². The monoisotopic (exact) mass is 257 g/mol. The number of hydrogen-bond donors (Lipinski definition) is 1. The van der Waals surface area contributed by atoms with Crippen molar-refractivity contribution in [3.05, 3.63) is 42.0 Å². The van der Waals surface area contributed by atoms with Gasteiger partial charge in [-0.1, -0.05) is 23.4 Å². The fraction of sp³-hybridized carbons (Fsp3) is 0.467. The first kappa shape index (κ1) is 12.2. The average molecular weight is 257 g/mol. The van der Waals surface area contributed by atoms with Crippen molar-refractivity contribution in [3.8, 4) is 0 Å². The number of nitrogens with zero attached hydrogens (tertiary/aromatic N) is 2. The van der Waals surface area contributed by atoms with E-state index in [2.05, 4.69) is 27.6 Å². The van der Waals surface area contributed by atoms with E-state index in [-0.39, 0.29) is 0 Å². The fourth-order valence-corrected chi connectivity index (χ4v) is 2.08. The topological polar surface area (TPSA) is 51.0 Å². The highest BCUT2D eigenvalue weighted by molar-refractivity contribution is 5.42. The lowest BCUT2D eigenvalue weighted by Crippen LogP contribution is -2.02. The van der Waals surface area contributed by atoms with Gasteiger partial charge in [-0.05, 0) is 37.3 Å². The molecule has 1 heterocycles. The summed E-state index contributed by atoms with van der Waals surface area (Å²) in [5.41, 5.74) is 1.16. The molecule has 1 aliphatic carbocycles. The summed E-state index contributed by atoms with van der Waals surface area (Å²) in [5, 5.41) is 7.40. The van der Waals surface area contributed by atoms with Crippen LogP contribution in [0.1, 0.15) is 31.0 Å². The minimum Gasteiger partial charge on any atom is -0.385 e. The average Bonchev–Trinajstić information content (AvgIpc) is 3.14. The van der Waals surface area contributed by atoms with Crippen LogP contribution in [0.15, 0.2) is 34.9 Å². The summed E-state index contributed by atoms with van der Waals surface area (Å²) >= 11 is 0. The third kappa shape index (κ3) is 3.81. The molecular formula is C15H19N3O. The molecule has 0 bridgehead atoms. The first-order valence-corrected chi connectivity index (χ1v) is 7.00. The van der Waals surface area contributed by atoms with Crippen LogP contribution in [0.2, 0.25) is 0 Å². The molecule has 19 heavy (non-hydrogen) atoms. The van der Waals surface area contributed by atoms with E-state index in [4.69, 9.17) is 4.52 Å². The molecule has 4 heteroatoms. The van der Waals surface area contributed by atoms with Crippen LogP contribution in [-0.2, 0) is 12.8 Å². The highest BCUT2D eigenvalue weighted by Crippen LogP contribution is 2.31. The maximum atomic E-state index is 5.26. The number of benzene rings is 1. The van der Waals surface area contributed by atoms with Gasteiger partial charge in [0, 0.05) is 25.1 Å². The summed E-state index contributed by atoms with van der Waals surface area (Å²) in [5.74, 6) is 2.46. The number of nitrogens with one attached hydrogen (secondary N) is 1. The van der Waals surface area contributed by atoms with Crippen molar-refractivity contribution >= 4 is 5.69 Å². The van der Waals surface area contributed by atoms with E-state index < -0.39 is 0 Å². The van der Waals surface area contributed by atoms with Gasteiger partial charge in [0.1, 0.15) is 0 Å². The van der Waals surface area contributed by atoms with Gasteiger partial charge in [-0.25, -0.2) is 0 Å². The molecule has 1 aliphatic rings.